The lowest BCUT2D eigenvalue weighted by Gasteiger charge is -2.31. The number of hydrogen-bond acceptors (Lipinski definition) is 3. The Morgan fingerprint density at radius 2 is 2.06 bits per heavy atom. The van der Waals surface area contributed by atoms with Crippen molar-refractivity contribution in [1.82, 2.24) is 9.80 Å². The Hall–Kier alpha value is -1.62. The number of thiophene rings is 1. The summed E-state index contributed by atoms with van der Waals surface area (Å²) in [5.41, 5.74) is 0. The third-order valence-corrected chi connectivity index (χ3v) is 3.55. The molecule has 17 heavy (non-hydrogen) atoms. The van der Waals surface area contributed by atoms with Gasteiger partial charge < -0.3 is 9.80 Å². The van der Waals surface area contributed by atoms with Gasteiger partial charge in [-0.2, -0.15) is 0 Å². The van der Waals surface area contributed by atoms with E-state index in [9.17, 15) is 9.59 Å². The van der Waals surface area contributed by atoms with Gasteiger partial charge in [-0.15, -0.1) is 11.3 Å². The molecule has 0 N–H and O–H groups in total. The van der Waals surface area contributed by atoms with Crippen LogP contribution in [0.3, 0.4) is 0 Å². The molecule has 1 fully saturated rings. The van der Waals surface area contributed by atoms with Crippen molar-refractivity contribution in [1.29, 1.82) is 0 Å². The molecule has 90 valence electrons. The maximum atomic E-state index is 11.8. The summed E-state index contributed by atoms with van der Waals surface area (Å²) in [5, 5.41) is 1.98. The topological polar surface area (TPSA) is 40.6 Å². The van der Waals surface area contributed by atoms with Gasteiger partial charge in [0.2, 0.25) is 12.3 Å². The van der Waals surface area contributed by atoms with Crippen LogP contribution in [0, 0.1) is 0 Å². The normalized spacial score (nSPS) is 16.5. The maximum absolute atomic E-state index is 11.8. The molecule has 2 heterocycles. The van der Waals surface area contributed by atoms with Crippen molar-refractivity contribution in [3.63, 3.8) is 0 Å². The molecule has 0 spiro atoms. The van der Waals surface area contributed by atoms with Crippen molar-refractivity contribution in [2.24, 2.45) is 0 Å². The Kier molecular flexibility index (Phi) is 3.93. The number of rotatable bonds is 3. The average Bonchev–Trinajstić information content (AvgIpc) is 2.89. The fourth-order valence-electron chi connectivity index (χ4n) is 1.69. The molecule has 0 saturated carbocycles. The molecule has 1 aromatic rings. The second-order valence-corrected chi connectivity index (χ2v) is 4.79. The number of amides is 2. The van der Waals surface area contributed by atoms with Gasteiger partial charge in [0, 0.05) is 37.1 Å². The number of hydrogen-bond donors (Lipinski definition) is 0. The fraction of sp³-hybridized carbons (Fsp3) is 0.333. The van der Waals surface area contributed by atoms with Gasteiger partial charge in [0.25, 0.3) is 0 Å². The van der Waals surface area contributed by atoms with Crippen LogP contribution in [0.25, 0.3) is 6.08 Å². The molecule has 1 aliphatic rings. The SMILES string of the molecule is O=CN1CCN(C(=O)/C=C/c2cccs2)CC1. The Labute approximate surface area is 104 Å². The highest BCUT2D eigenvalue weighted by atomic mass is 32.1. The van der Waals surface area contributed by atoms with E-state index in [-0.39, 0.29) is 5.91 Å². The molecular weight excluding hydrogens is 236 g/mol. The molecule has 0 atom stereocenters. The van der Waals surface area contributed by atoms with Crippen LogP contribution in [0.2, 0.25) is 0 Å². The first-order valence-corrected chi connectivity index (χ1v) is 6.37. The zero-order chi connectivity index (χ0) is 12.1. The highest BCUT2D eigenvalue weighted by Gasteiger charge is 2.17. The van der Waals surface area contributed by atoms with Gasteiger partial charge >= 0.3 is 0 Å². The predicted molar refractivity (Wildman–Crippen MR) is 67.6 cm³/mol. The quantitative estimate of drug-likeness (QED) is 0.594. The highest BCUT2D eigenvalue weighted by Crippen LogP contribution is 2.10. The van der Waals surface area contributed by atoms with Gasteiger partial charge in [0.05, 0.1) is 0 Å². The van der Waals surface area contributed by atoms with Gasteiger partial charge in [0.15, 0.2) is 0 Å². The number of carbonyl (C=O) groups excluding carboxylic acids is 2. The van der Waals surface area contributed by atoms with Crippen molar-refractivity contribution in [3.05, 3.63) is 28.5 Å². The third kappa shape index (κ3) is 3.17. The largest absolute Gasteiger partial charge is 0.342 e. The van der Waals surface area contributed by atoms with E-state index in [4.69, 9.17) is 0 Å². The molecule has 0 aliphatic carbocycles. The standard InChI is InChI=1S/C12H14N2O2S/c15-10-13-5-7-14(8-6-13)12(16)4-3-11-2-1-9-17-11/h1-4,9-10H,5-8H2/b4-3+. The van der Waals surface area contributed by atoms with Crippen molar-refractivity contribution in [2.45, 2.75) is 0 Å². The summed E-state index contributed by atoms with van der Waals surface area (Å²) >= 11 is 1.60. The van der Waals surface area contributed by atoms with E-state index in [0.29, 0.717) is 26.2 Å². The van der Waals surface area contributed by atoms with Crippen molar-refractivity contribution >= 4 is 29.7 Å². The second-order valence-electron chi connectivity index (χ2n) is 3.82. The first-order chi connectivity index (χ1) is 8.29. The van der Waals surface area contributed by atoms with Crippen LogP contribution in [0.5, 0.6) is 0 Å². The van der Waals surface area contributed by atoms with Crippen LogP contribution in [0.1, 0.15) is 4.88 Å². The lowest BCUT2D eigenvalue weighted by molar-refractivity contribution is -0.130. The third-order valence-electron chi connectivity index (χ3n) is 2.71. The lowest BCUT2D eigenvalue weighted by atomic mass is 10.3. The monoisotopic (exact) mass is 250 g/mol. The Morgan fingerprint density at radius 3 is 2.65 bits per heavy atom. The van der Waals surface area contributed by atoms with E-state index >= 15 is 0 Å². The zero-order valence-corrected chi connectivity index (χ0v) is 10.2. The molecule has 1 aliphatic heterocycles. The first kappa shape index (κ1) is 11.9. The average molecular weight is 250 g/mol. The lowest BCUT2D eigenvalue weighted by Crippen LogP contribution is -2.47. The van der Waals surface area contributed by atoms with Gasteiger partial charge in [-0.1, -0.05) is 6.07 Å². The molecular formula is C12H14N2O2S. The fourth-order valence-corrected chi connectivity index (χ4v) is 2.31. The molecule has 1 saturated heterocycles. The Morgan fingerprint density at radius 1 is 1.29 bits per heavy atom. The molecule has 0 radical (unpaired) electrons. The van der Waals surface area contributed by atoms with Crippen molar-refractivity contribution in [3.8, 4) is 0 Å². The summed E-state index contributed by atoms with van der Waals surface area (Å²) in [7, 11) is 0. The van der Waals surface area contributed by atoms with Crippen LogP contribution in [0.15, 0.2) is 23.6 Å². The summed E-state index contributed by atoms with van der Waals surface area (Å²) in [4.78, 5) is 26.9. The molecule has 4 nitrogen and oxygen atoms in total. The minimum Gasteiger partial charge on any atom is -0.342 e. The Balaban J connectivity index is 1.87. The number of piperazine rings is 1. The molecule has 2 rings (SSSR count). The van der Waals surface area contributed by atoms with Crippen molar-refractivity contribution in [2.75, 3.05) is 26.2 Å². The second kappa shape index (κ2) is 5.63. The predicted octanol–water partition coefficient (Wildman–Crippen LogP) is 1.06. The summed E-state index contributed by atoms with van der Waals surface area (Å²) in [6.07, 6.45) is 4.27. The maximum Gasteiger partial charge on any atom is 0.246 e. The van der Waals surface area contributed by atoms with E-state index in [0.717, 1.165) is 11.3 Å². The van der Waals surface area contributed by atoms with E-state index in [1.165, 1.54) is 0 Å². The van der Waals surface area contributed by atoms with E-state index in [1.807, 2.05) is 23.6 Å². The smallest absolute Gasteiger partial charge is 0.246 e. The van der Waals surface area contributed by atoms with Gasteiger partial charge in [-0.05, 0) is 17.5 Å². The van der Waals surface area contributed by atoms with Crippen LogP contribution in [0.4, 0.5) is 0 Å². The summed E-state index contributed by atoms with van der Waals surface area (Å²) < 4.78 is 0. The first-order valence-electron chi connectivity index (χ1n) is 5.49. The molecule has 0 bridgehead atoms. The van der Waals surface area contributed by atoms with Gasteiger partial charge in [0.1, 0.15) is 0 Å². The van der Waals surface area contributed by atoms with Gasteiger partial charge in [-0.3, -0.25) is 9.59 Å². The molecule has 2 amide bonds. The van der Waals surface area contributed by atoms with E-state index in [1.54, 1.807) is 27.2 Å². The summed E-state index contributed by atoms with van der Waals surface area (Å²) in [5.74, 6) is 0.0175. The molecule has 5 heteroatoms. The highest BCUT2D eigenvalue weighted by molar-refractivity contribution is 7.10. The summed E-state index contributed by atoms with van der Waals surface area (Å²) in [6, 6.07) is 3.93. The molecule has 0 aromatic carbocycles. The number of nitrogens with zero attached hydrogens (tertiary/aromatic N) is 2. The van der Waals surface area contributed by atoms with E-state index in [2.05, 4.69) is 0 Å². The van der Waals surface area contributed by atoms with Crippen molar-refractivity contribution < 1.29 is 9.59 Å². The van der Waals surface area contributed by atoms with Crippen LogP contribution in [-0.2, 0) is 9.59 Å². The summed E-state index contributed by atoms with van der Waals surface area (Å²) in [6.45, 7) is 2.49. The van der Waals surface area contributed by atoms with Crippen LogP contribution in [-0.4, -0.2) is 48.3 Å². The Bertz CT molecular complexity index is 406. The van der Waals surface area contributed by atoms with Crippen LogP contribution < -0.4 is 0 Å². The molecule has 0 unspecified atom stereocenters. The number of carbonyl (C=O) groups is 2. The van der Waals surface area contributed by atoms with Crippen LogP contribution >= 0.6 is 11.3 Å². The zero-order valence-electron chi connectivity index (χ0n) is 9.41. The molecule has 1 aromatic heterocycles. The van der Waals surface area contributed by atoms with Gasteiger partial charge in [-0.25, -0.2) is 0 Å². The van der Waals surface area contributed by atoms with E-state index < -0.39 is 0 Å². The minimum absolute atomic E-state index is 0.0175. The minimum atomic E-state index is 0.0175.